The highest BCUT2D eigenvalue weighted by molar-refractivity contribution is 5.51. The molecule has 0 radical (unpaired) electrons. The minimum atomic E-state index is -4.45. The third kappa shape index (κ3) is 2.07. The molecule has 0 aliphatic heterocycles. The van der Waals surface area contributed by atoms with Crippen LogP contribution in [0.5, 0.6) is 0 Å². The van der Waals surface area contributed by atoms with E-state index in [4.69, 9.17) is 5.26 Å². The summed E-state index contributed by atoms with van der Waals surface area (Å²) in [6, 6.07) is 4.84. The maximum atomic E-state index is 12.5. The standard InChI is InChI=1S/C12H8F3N3/c1-8-6-17-7-18(8)11-3-2-10(12(13,14)15)4-9(11)5-16/h2-4,6-7H,1H3. The summed E-state index contributed by atoms with van der Waals surface area (Å²) in [5, 5.41) is 8.95. The minimum Gasteiger partial charge on any atom is -0.302 e. The summed E-state index contributed by atoms with van der Waals surface area (Å²) in [5.41, 5.74) is 0.262. The van der Waals surface area contributed by atoms with Crippen molar-refractivity contribution in [3.05, 3.63) is 47.5 Å². The molecule has 0 N–H and O–H groups in total. The van der Waals surface area contributed by atoms with Gasteiger partial charge in [0, 0.05) is 11.9 Å². The minimum absolute atomic E-state index is 0.0362. The first kappa shape index (κ1) is 12.2. The van der Waals surface area contributed by atoms with Crippen molar-refractivity contribution in [3.8, 4) is 11.8 Å². The van der Waals surface area contributed by atoms with Gasteiger partial charge in [0.2, 0.25) is 0 Å². The summed E-state index contributed by atoms with van der Waals surface area (Å²) in [6.07, 6.45) is -1.42. The predicted molar refractivity (Wildman–Crippen MR) is 58.0 cm³/mol. The Morgan fingerprint density at radius 1 is 1.33 bits per heavy atom. The fourth-order valence-corrected chi connectivity index (χ4v) is 1.63. The average Bonchev–Trinajstić information content (AvgIpc) is 2.73. The van der Waals surface area contributed by atoms with Crippen LogP contribution in [0.2, 0.25) is 0 Å². The lowest BCUT2D eigenvalue weighted by Crippen LogP contribution is -2.07. The molecule has 0 aliphatic rings. The Morgan fingerprint density at radius 3 is 2.56 bits per heavy atom. The zero-order valence-corrected chi connectivity index (χ0v) is 9.36. The molecule has 0 amide bonds. The fraction of sp³-hybridized carbons (Fsp3) is 0.167. The first-order valence-electron chi connectivity index (χ1n) is 5.04. The Bertz CT molecular complexity index is 620. The maximum Gasteiger partial charge on any atom is 0.416 e. The van der Waals surface area contributed by atoms with Gasteiger partial charge in [0.1, 0.15) is 6.07 Å². The number of alkyl halides is 3. The molecule has 6 heteroatoms. The number of aromatic nitrogens is 2. The van der Waals surface area contributed by atoms with Crippen molar-refractivity contribution in [1.82, 2.24) is 9.55 Å². The van der Waals surface area contributed by atoms with Crippen LogP contribution in [0.1, 0.15) is 16.8 Å². The lowest BCUT2D eigenvalue weighted by atomic mass is 10.1. The van der Waals surface area contributed by atoms with Crippen LogP contribution in [0, 0.1) is 18.3 Å². The van der Waals surface area contributed by atoms with E-state index in [1.807, 2.05) is 0 Å². The van der Waals surface area contributed by atoms with Crippen LogP contribution in [-0.4, -0.2) is 9.55 Å². The molecule has 1 aromatic heterocycles. The molecule has 0 fully saturated rings. The second kappa shape index (κ2) is 4.18. The zero-order valence-electron chi connectivity index (χ0n) is 9.36. The smallest absolute Gasteiger partial charge is 0.302 e. The third-order valence-corrected chi connectivity index (χ3v) is 2.53. The van der Waals surface area contributed by atoms with Crippen molar-refractivity contribution < 1.29 is 13.2 Å². The molecule has 0 saturated carbocycles. The van der Waals surface area contributed by atoms with Crippen LogP contribution in [0.3, 0.4) is 0 Å². The lowest BCUT2D eigenvalue weighted by molar-refractivity contribution is -0.137. The molecule has 0 spiro atoms. The second-order valence-corrected chi connectivity index (χ2v) is 3.75. The quantitative estimate of drug-likeness (QED) is 0.781. The normalized spacial score (nSPS) is 11.3. The van der Waals surface area contributed by atoms with Gasteiger partial charge in [-0.15, -0.1) is 0 Å². The maximum absolute atomic E-state index is 12.5. The number of hydrogen-bond donors (Lipinski definition) is 0. The molecule has 2 rings (SSSR count). The topological polar surface area (TPSA) is 41.6 Å². The summed E-state index contributed by atoms with van der Waals surface area (Å²) in [7, 11) is 0. The van der Waals surface area contributed by atoms with Gasteiger partial charge in [-0.2, -0.15) is 18.4 Å². The van der Waals surface area contributed by atoms with Gasteiger partial charge in [0.15, 0.2) is 0 Å². The molecule has 0 saturated heterocycles. The Labute approximate surface area is 101 Å². The number of imidazole rings is 1. The van der Waals surface area contributed by atoms with Gasteiger partial charge < -0.3 is 4.57 Å². The van der Waals surface area contributed by atoms with Gasteiger partial charge in [-0.3, -0.25) is 0 Å². The highest BCUT2D eigenvalue weighted by Gasteiger charge is 2.31. The van der Waals surface area contributed by atoms with E-state index in [1.165, 1.54) is 12.4 Å². The average molecular weight is 251 g/mol. The third-order valence-electron chi connectivity index (χ3n) is 2.53. The van der Waals surface area contributed by atoms with Crippen molar-refractivity contribution in [2.75, 3.05) is 0 Å². The number of halogens is 3. The van der Waals surface area contributed by atoms with E-state index in [9.17, 15) is 13.2 Å². The molecule has 3 nitrogen and oxygen atoms in total. The first-order chi connectivity index (χ1) is 8.43. The van der Waals surface area contributed by atoms with E-state index >= 15 is 0 Å². The number of benzene rings is 1. The van der Waals surface area contributed by atoms with Crippen molar-refractivity contribution >= 4 is 0 Å². The number of rotatable bonds is 1. The summed E-state index contributed by atoms with van der Waals surface area (Å²) in [4.78, 5) is 3.88. The van der Waals surface area contributed by atoms with Gasteiger partial charge >= 0.3 is 6.18 Å². The molecular weight excluding hydrogens is 243 g/mol. The van der Waals surface area contributed by atoms with E-state index in [-0.39, 0.29) is 5.56 Å². The monoisotopic (exact) mass is 251 g/mol. The van der Waals surface area contributed by atoms with Gasteiger partial charge in [0.05, 0.1) is 23.1 Å². The number of aryl methyl sites for hydroxylation is 1. The summed E-state index contributed by atoms with van der Waals surface area (Å²) >= 11 is 0. The molecule has 0 unspecified atom stereocenters. The first-order valence-corrected chi connectivity index (χ1v) is 5.04. The Hall–Kier alpha value is -2.29. The summed E-state index contributed by atoms with van der Waals surface area (Å²) < 4.78 is 39.2. The van der Waals surface area contributed by atoms with Crippen LogP contribution in [0.4, 0.5) is 13.2 Å². The van der Waals surface area contributed by atoms with Crippen molar-refractivity contribution in [2.45, 2.75) is 13.1 Å². The summed E-state index contributed by atoms with van der Waals surface area (Å²) in [5.74, 6) is 0. The van der Waals surface area contributed by atoms with E-state index in [0.717, 1.165) is 17.8 Å². The lowest BCUT2D eigenvalue weighted by Gasteiger charge is -2.11. The Balaban J connectivity index is 2.59. The van der Waals surface area contributed by atoms with Crippen LogP contribution in [0.25, 0.3) is 5.69 Å². The molecule has 18 heavy (non-hydrogen) atoms. The van der Waals surface area contributed by atoms with Crippen LogP contribution in [0.15, 0.2) is 30.7 Å². The highest BCUT2D eigenvalue weighted by atomic mass is 19.4. The molecule has 1 heterocycles. The SMILES string of the molecule is Cc1cncn1-c1ccc(C(F)(F)F)cc1C#N. The Morgan fingerprint density at radius 2 is 2.06 bits per heavy atom. The number of nitriles is 1. The van der Waals surface area contributed by atoms with Crippen LogP contribution < -0.4 is 0 Å². The van der Waals surface area contributed by atoms with Gasteiger partial charge in [-0.05, 0) is 25.1 Å². The molecule has 0 bridgehead atoms. The van der Waals surface area contributed by atoms with E-state index in [1.54, 1.807) is 23.8 Å². The van der Waals surface area contributed by atoms with E-state index < -0.39 is 11.7 Å². The van der Waals surface area contributed by atoms with Crippen molar-refractivity contribution in [2.24, 2.45) is 0 Å². The molecule has 0 atom stereocenters. The van der Waals surface area contributed by atoms with Crippen molar-refractivity contribution in [3.63, 3.8) is 0 Å². The number of hydrogen-bond acceptors (Lipinski definition) is 2. The Kier molecular flexibility index (Phi) is 2.83. The van der Waals surface area contributed by atoms with Crippen LogP contribution in [-0.2, 0) is 6.18 Å². The zero-order chi connectivity index (χ0) is 13.3. The predicted octanol–water partition coefficient (Wildman–Crippen LogP) is 3.07. The molecule has 92 valence electrons. The fourth-order valence-electron chi connectivity index (χ4n) is 1.63. The molecular formula is C12H8F3N3. The van der Waals surface area contributed by atoms with Gasteiger partial charge in [-0.25, -0.2) is 4.98 Å². The van der Waals surface area contributed by atoms with Gasteiger partial charge in [0.25, 0.3) is 0 Å². The number of nitrogens with zero attached hydrogens (tertiary/aromatic N) is 3. The molecule has 1 aromatic carbocycles. The molecule has 0 aliphatic carbocycles. The van der Waals surface area contributed by atoms with E-state index in [0.29, 0.717) is 5.69 Å². The van der Waals surface area contributed by atoms with E-state index in [2.05, 4.69) is 4.98 Å². The van der Waals surface area contributed by atoms with Crippen LogP contribution >= 0.6 is 0 Å². The van der Waals surface area contributed by atoms with Crippen molar-refractivity contribution in [1.29, 1.82) is 5.26 Å². The van der Waals surface area contributed by atoms with Gasteiger partial charge in [-0.1, -0.05) is 0 Å². The highest BCUT2D eigenvalue weighted by Crippen LogP contribution is 2.31. The largest absolute Gasteiger partial charge is 0.416 e. The summed E-state index contributed by atoms with van der Waals surface area (Å²) in [6.45, 7) is 1.76. The molecule has 2 aromatic rings. The second-order valence-electron chi connectivity index (χ2n) is 3.75.